The molecule has 0 bridgehead atoms. The minimum absolute atomic E-state index is 0.142. The third-order valence-electron chi connectivity index (χ3n) is 1.28. The molecule has 0 unspecified atom stereocenters. The average molecular weight is 214 g/mol. The first-order valence-electron chi connectivity index (χ1n) is 3.55. The molecule has 8 heteroatoms. The van der Waals surface area contributed by atoms with Crippen molar-refractivity contribution in [2.45, 2.75) is 0 Å². The highest BCUT2D eigenvalue weighted by Crippen LogP contribution is 2.32. The number of hydrogen-bond donors (Lipinski definition) is 3. The Morgan fingerprint density at radius 3 is 2.33 bits per heavy atom. The van der Waals surface area contributed by atoms with E-state index in [9.17, 15) is 9.59 Å². The molecule has 8 nitrogen and oxygen atoms in total. The lowest BCUT2D eigenvalue weighted by atomic mass is 10.3. The summed E-state index contributed by atoms with van der Waals surface area (Å²) in [5.41, 5.74) is 5.18. The highest BCUT2D eigenvalue weighted by Gasteiger charge is 2.15. The Balaban J connectivity index is 3.08. The smallest absolute Gasteiger partial charge is 0.449 e. The largest absolute Gasteiger partial charge is 0.511 e. The van der Waals surface area contributed by atoms with Gasteiger partial charge in [0.15, 0.2) is 5.75 Å². The van der Waals surface area contributed by atoms with Gasteiger partial charge in [0.25, 0.3) is 0 Å². The van der Waals surface area contributed by atoms with Crippen molar-refractivity contribution in [1.29, 1.82) is 0 Å². The molecule has 4 N–H and O–H groups in total. The summed E-state index contributed by atoms with van der Waals surface area (Å²) in [6.45, 7) is 0. The van der Waals surface area contributed by atoms with Gasteiger partial charge in [-0.25, -0.2) is 9.59 Å². The van der Waals surface area contributed by atoms with Gasteiger partial charge in [-0.15, -0.1) is 0 Å². The predicted molar refractivity (Wildman–Crippen MR) is 46.0 cm³/mol. The summed E-state index contributed by atoms with van der Waals surface area (Å²) in [7, 11) is 0. The molecular formula is C7H6N2O6. The maximum atomic E-state index is 10.3. The number of anilines is 1. The van der Waals surface area contributed by atoms with Gasteiger partial charge < -0.3 is 25.4 Å². The first kappa shape index (κ1) is 10.6. The molecule has 1 heterocycles. The van der Waals surface area contributed by atoms with Crippen LogP contribution in [0.15, 0.2) is 12.4 Å². The Labute approximate surface area is 82.9 Å². The molecule has 0 aromatic carbocycles. The van der Waals surface area contributed by atoms with E-state index in [-0.39, 0.29) is 11.4 Å². The summed E-state index contributed by atoms with van der Waals surface area (Å²) in [5, 5.41) is 16.7. The molecule has 15 heavy (non-hydrogen) atoms. The van der Waals surface area contributed by atoms with E-state index in [2.05, 4.69) is 14.5 Å². The van der Waals surface area contributed by atoms with E-state index in [4.69, 9.17) is 15.9 Å². The molecule has 0 amide bonds. The van der Waals surface area contributed by atoms with Crippen LogP contribution < -0.4 is 15.2 Å². The molecule has 80 valence electrons. The number of pyridine rings is 1. The molecule has 0 atom stereocenters. The minimum Gasteiger partial charge on any atom is -0.449 e. The number of nitrogens with zero attached hydrogens (tertiary/aromatic N) is 1. The zero-order valence-electron chi connectivity index (χ0n) is 7.21. The Morgan fingerprint density at radius 2 is 1.80 bits per heavy atom. The van der Waals surface area contributed by atoms with Gasteiger partial charge >= 0.3 is 12.3 Å². The molecule has 0 radical (unpaired) electrons. The topological polar surface area (TPSA) is 132 Å². The van der Waals surface area contributed by atoms with Crippen molar-refractivity contribution < 1.29 is 29.3 Å². The lowest BCUT2D eigenvalue weighted by Gasteiger charge is -2.07. The molecule has 1 rings (SSSR count). The van der Waals surface area contributed by atoms with Crippen molar-refractivity contribution in [2.24, 2.45) is 0 Å². The molecule has 0 saturated carbocycles. The van der Waals surface area contributed by atoms with Crippen molar-refractivity contribution in [2.75, 3.05) is 5.73 Å². The van der Waals surface area contributed by atoms with Gasteiger partial charge in [-0.3, -0.25) is 4.98 Å². The first-order valence-corrected chi connectivity index (χ1v) is 3.55. The average Bonchev–Trinajstić information content (AvgIpc) is 2.09. The standard InChI is InChI=1S/C7H6N2O6/c8-3-1-9-2-4(14-6(10)11)5(3)15-7(12)13/h1-2H,8H2,(H,10,11)(H,12,13). The van der Waals surface area contributed by atoms with Crippen molar-refractivity contribution in [3.05, 3.63) is 12.4 Å². The van der Waals surface area contributed by atoms with E-state index in [1.54, 1.807) is 0 Å². The highest BCUT2D eigenvalue weighted by atomic mass is 16.7. The number of carboxylic acid groups (broad SMARTS) is 2. The number of rotatable bonds is 2. The van der Waals surface area contributed by atoms with Crippen LogP contribution in [0.25, 0.3) is 0 Å². The molecule has 0 fully saturated rings. The van der Waals surface area contributed by atoms with Gasteiger partial charge in [0.1, 0.15) is 0 Å². The monoisotopic (exact) mass is 214 g/mol. The van der Waals surface area contributed by atoms with Crippen molar-refractivity contribution in [1.82, 2.24) is 4.98 Å². The van der Waals surface area contributed by atoms with Gasteiger partial charge in [0.2, 0.25) is 5.75 Å². The van der Waals surface area contributed by atoms with Gasteiger partial charge in [-0.2, -0.15) is 0 Å². The zero-order chi connectivity index (χ0) is 11.4. The third kappa shape index (κ3) is 2.72. The van der Waals surface area contributed by atoms with Crippen LogP contribution in [0.4, 0.5) is 15.3 Å². The van der Waals surface area contributed by atoms with Crippen LogP contribution in [0.2, 0.25) is 0 Å². The second-order valence-electron chi connectivity index (χ2n) is 2.29. The van der Waals surface area contributed by atoms with Gasteiger partial charge in [0, 0.05) is 0 Å². The zero-order valence-corrected chi connectivity index (χ0v) is 7.21. The van der Waals surface area contributed by atoms with Gasteiger partial charge in [-0.1, -0.05) is 0 Å². The molecule has 1 aromatic heterocycles. The summed E-state index contributed by atoms with van der Waals surface area (Å²) >= 11 is 0. The maximum absolute atomic E-state index is 10.3. The number of ether oxygens (including phenoxy) is 2. The summed E-state index contributed by atoms with van der Waals surface area (Å²) in [6, 6.07) is 0. The Morgan fingerprint density at radius 1 is 1.20 bits per heavy atom. The molecule has 0 aliphatic heterocycles. The van der Waals surface area contributed by atoms with Crippen molar-refractivity contribution >= 4 is 18.0 Å². The fourth-order valence-corrected chi connectivity index (χ4v) is 0.808. The summed E-state index contributed by atoms with van der Waals surface area (Å²) in [4.78, 5) is 24.0. The van der Waals surface area contributed by atoms with Crippen LogP contribution in [0, 0.1) is 0 Å². The van der Waals surface area contributed by atoms with E-state index < -0.39 is 18.1 Å². The lowest BCUT2D eigenvalue weighted by molar-refractivity contribution is 0.133. The number of nitrogens with two attached hydrogens (primary N) is 1. The Hall–Kier alpha value is -2.51. The van der Waals surface area contributed by atoms with Crippen LogP contribution in [0.3, 0.4) is 0 Å². The number of hydrogen-bond acceptors (Lipinski definition) is 6. The van der Waals surface area contributed by atoms with Crippen LogP contribution in [-0.4, -0.2) is 27.5 Å². The third-order valence-corrected chi connectivity index (χ3v) is 1.28. The molecule has 1 aromatic rings. The normalized spacial score (nSPS) is 9.33. The van der Waals surface area contributed by atoms with Crippen LogP contribution >= 0.6 is 0 Å². The number of aromatic nitrogens is 1. The van der Waals surface area contributed by atoms with Gasteiger partial charge in [-0.05, 0) is 0 Å². The van der Waals surface area contributed by atoms with Crippen molar-refractivity contribution in [3.63, 3.8) is 0 Å². The van der Waals surface area contributed by atoms with Gasteiger partial charge in [0.05, 0.1) is 18.1 Å². The lowest BCUT2D eigenvalue weighted by Crippen LogP contribution is -2.10. The minimum atomic E-state index is -1.64. The molecule has 0 saturated heterocycles. The summed E-state index contributed by atoms with van der Waals surface area (Å²) in [6.07, 6.45) is -1.18. The number of nitrogen functional groups attached to an aromatic ring is 1. The second kappa shape index (κ2) is 4.13. The Bertz CT molecular complexity index is 404. The van der Waals surface area contributed by atoms with E-state index in [1.165, 1.54) is 0 Å². The Kier molecular flexibility index (Phi) is 2.91. The van der Waals surface area contributed by atoms with E-state index >= 15 is 0 Å². The highest BCUT2D eigenvalue weighted by molar-refractivity contribution is 5.71. The summed E-state index contributed by atoms with van der Waals surface area (Å²) in [5.74, 6) is -0.787. The fraction of sp³-hybridized carbons (Fsp3) is 0. The molecule has 0 spiro atoms. The second-order valence-corrected chi connectivity index (χ2v) is 2.29. The SMILES string of the molecule is Nc1cncc(OC(=O)O)c1OC(=O)O. The van der Waals surface area contributed by atoms with Crippen molar-refractivity contribution in [3.8, 4) is 11.5 Å². The molecule has 0 aliphatic carbocycles. The van der Waals surface area contributed by atoms with Crippen LogP contribution in [-0.2, 0) is 0 Å². The molecular weight excluding hydrogens is 208 g/mol. The predicted octanol–water partition coefficient (Wildman–Crippen LogP) is 0.777. The first-order chi connectivity index (χ1) is 7.00. The van der Waals surface area contributed by atoms with Crippen LogP contribution in [0.1, 0.15) is 0 Å². The summed E-state index contributed by atoms with van der Waals surface area (Å²) < 4.78 is 8.45. The number of carbonyl (C=O) groups is 2. The van der Waals surface area contributed by atoms with Crippen LogP contribution in [0.5, 0.6) is 11.5 Å². The fourth-order valence-electron chi connectivity index (χ4n) is 0.808. The van der Waals surface area contributed by atoms with E-state index in [0.29, 0.717) is 0 Å². The quantitative estimate of drug-likeness (QED) is 0.615. The maximum Gasteiger partial charge on any atom is 0.511 e. The van der Waals surface area contributed by atoms with E-state index in [1.807, 2.05) is 0 Å². The van der Waals surface area contributed by atoms with E-state index in [0.717, 1.165) is 12.4 Å². The molecule has 0 aliphatic rings.